The second-order valence-electron chi connectivity index (χ2n) is 4.10. The van der Waals surface area contributed by atoms with Crippen molar-refractivity contribution in [2.75, 3.05) is 5.32 Å². The van der Waals surface area contributed by atoms with Gasteiger partial charge >= 0.3 is 0 Å². The van der Waals surface area contributed by atoms with Crippen molar-refractivity contribution >= 4 is 38.4 Å². The molecule has 1 amide bonds. The normalized spacial score (nSPS) is 10.6. The Morgan fingerprint density at radius 1 is 1.26 bits per heavy atom. The van der Waals surface area contributed by atoms with Crippen molar-refractivity contribution in [3.63, 3.8) is 0 Å². The average molecular weight is 316 g/mol. The molecule has 0 spiro atoms. The number of halogens is 1. The highest BCUT2D eigenvalue weighted by Crippen LogP contribution is 2.18. The van der Waals surface area contributed by atoms with Gasteiger partial charge in [0.05, 0.1) is 5.52 Å². The molecule has 3 aromatic rings. The highest BCUT2D eigenvalue weighted by Gasteiger charge is 2.08. The van der Waals surface area contributed by atoms with E-state index in [0.29, 0.717) is 5.69 Å². The maximum absolute atomic E-state index is 12.0. The minimum Gasteiger partial charge on any atom is -0.356 e. The summed E-state index contributed by atoms with van der Waals surface area (Å²) in [5.74, 6) is -0.172. The molecule has 0 aliphatic heterocycles. The zero-order valence-corrected chi connectivity index (χ0v) is 11.4. The van der Waals surface area contributed by atoms with Crippen molar-refractivity contribution in [1.82, 2.24) is 9.97 Å². The van der Waals surface area contributed by atoms with Crippen LogP contribution >= 0.6 is 15.9 Å². The SMILES string of the molecule is O=C(Nc1ccc2ncccc2c1)c1cc(Br)c[nH]1. The van der Waals surface area contributed by atoms with E-state index in [2.05, 4.69) is 31.2 Å². The Hall–Kier alpha value is -2.14. The molecular weight excluding hydrogens is 306 g/mol. The molecule has 4 nitrogen and oxygen atoms in total. The second-order valence-corrected chi connectivity index (χ2v) is 5.01. The number of benzene rings is 1. The monoisotopic (exact) mass is 315 g/mol. The molecule has 0 aliphatic rings. The lowest BCUT2D eigenvalue weighted by atomic mass is 10.2. The number of nitrogens with one attached hydrogen (secondary N) is 2. The Bertz CT molecular complexity index is 751. The smallest absolute Gasteiger partial charge is 0.272 e. The molecule has 94 valence electrons. The summed E-state index contributed by atoms with van der Waals surface area (Å²) < 4.78 is 0.848. The number of fused-ring (bicyclic) bond motifs is 1. The van der Waals surface area contributed by atoms with Gasteiger partial charge in [0.2, 0.25) is 0 Å². The fraction of sp³-hybridized carbons (Fsp3) is 0. The van der Waals surface area contributed by atoms with Crippen LogP contribution in [0.15, 0.2) is 53.3 Å². The summed E-state index contributed by atoms with van der Waals surface area (Å²) in [5.41, 5.74) is 2.16. The number of amides is 1. The summed E-state index contributed by atoms with van der Waals surface area (Å²) in [6, 6.07) is 11.2. The van der Waals surface area contributed by atoms with Crippen LogP contribution < -0.4 is 5.32 Å². The van der Waals surface area contributed by atoms with E-state index in [-0.39, 0.29) is 5.91 Å². The summed E-state index contributed by atoms with van der Waals surface area (Å²) in [6.45, 7) is 0. The van der Waals surface area contributed by atoms with Crippen LogP contribution in [0, 0.1) is 0 Å². The van der Waals surface area contributed by atoms with Crippen LogP contribution in [-0.2, 0) is 0 Å². The first-order valence-electron chi connectivity index (χ1n) is 5.72. The van der Waals surface area contributed by atoms with E-state index >= 15 is 0 Å². The second kappa shape index (κ2) is 4.85. The summed E-state index contributed by atoms with van der Waals surface area (Å²) in [5, 5.41) is 3.84. The van der Waals surface area contributed by atoms with E-state index in [0.717, 1.165) is 21.1 Å². The Balaban J connectivity index is 1.87. The fourth-order valence-corrected chi connectivity index (χ4v) is 2.19. The highest BCUT2D eigenvalue weighted by atomic mass is 79.9. The molecule has 0 fully saturated rings. The molecule has 1 aromatic carbocycles. The fourth-order valence-electron chi connectivity index (χ4n) is 1.85. The van der Waals surface area contributed by atoms with Gasteiger partial charge in [-0.3, -0.25) is 9.78 Å². The van der Waals surface area contributed by atoms with E-state index in [4.69, 9.17) is 0 Å². The van der Waals surface area contributed by atoms with E-state index in [1.165, 1.54) is 0 Å². The van der Waals surface area contributed by atoms with Crippen molar-refractivity contribution in [1.29, 1.82) is 0 Å². The topological polar surface area (TPSA) is 57.8 Å². The zero-order chi connectivity index (χ0) is 13.2. The number of anilines is 1. The predicted octanol–water partition coefficient (Wildman–Crippen LogP) is 3.58. The number of aromatic nitrogens is 2. The quantitative estimate of drug-likeness (QED) is 0.759. The van der Waals surface area contributed by atoms with Gasteiger partial charge in [0, 0.05) is 27.9 Å². The van der Waals surface area contributed by atoms with Crippen LogP contribution in [-0.4, -0.2) is 15.9 Å². The zero-order valence-electron chi connectivity index (χ0n) is 9.85. The average Bonchev–Trinajstić information content (AvgIpc) is 2.85. The molecule has 0 saturated heterocycles. The number of pyridine rings is 1. The predicted molar refractivity (Wildman–Crippen MR) is 78.2 cm³/mol. The van der Waals surface area contributed by atoms with Gasteiger partial charge in [0.1, 0.15) is 5.69 Å². The lowest BCUT2D eigenvalue weighted by Gasteiger charge is -2.05. The van der Waals surface area contributed by atoms with Crippen molar-refractivity contribution < 1.29 is 4.79 Å². The number of hydrogen-bond donors (Lipinski definition) is 2. The Labute approximate surface area is 118 Å². The lowest BCUT2D eigenvalue weighted by molar-refractivity contribution is 0.102. The minimum absolute atomic E-state index is 0.172. The number of hydrogen-bond acceptors (Lipinski definition) is 2. The van der Waals surface area contributed by atoms with Crippen LogP contribution in [0.25, 0.3) is 10.9 Å². The maximum atomic E-state index is 12.0. The molecule has 2 N–H and O–H groups in total. The van der Waals surface area contributed by atoms with Crippen molar-refractivity contribution in [3.8, 4) is 0 Å². The van der Waals surface area contributed by atoms with Crippen molar-refractivity contribution in [2.45, 2.75) is 0 Å². The van der Waals surface area contributed by atoms with Crippen molar-refractivity contribution in [3.05, 3.63) is 59.0 Å². The van der Waals surface area contributed by atoms with Gasteiger partial charge in [-0.1, -0.05) is 6.07 Å². The third kappa shape index (κ3) is 2.51. The van der Waals surface area contributed by atoms with Gasteiger partial charge in [-0.15, -0.1) is 0 Å². The molecule has 0 radical (unpaired) electrons. The molecule has 19 heavy (non-hydrogen) atoms. The highest BCUT2D eigenvalue weighted by molar-refractivity contribution is 9.10. The standard InChI is InChI=1S/C14H10BrN3O/c15-10-7-13(17-8-10)14(19)18-11-3-4-12-9(6-11)2-1-5-16-12/h1-8,17H,(H,18,19). The Morgan fingerprint density at radius 2 is 2.16 bits per heavy atom. The molecule has 0 unspecified atom stereocenters. The molecular formula is C14H10BrN3O. The summed E-state index contributed by atoms with van der Waals surface area (Å²) in [7, 11) is 0. The lowest BCUT2D eigenvalue weighted by Crippen LogP contribution is -2.12. The number of carbonyl (C=O) groups is 1. The van der Waals surface area contributed by atoms with E-state index in [1.807, 2.05) is 30.3 Å². The molecule has 0 aliphatic carbocycles. The van der Waals surface area contributed by atoms with Crippen LogP contribution in [0.1, 0.15) is 10.5 Å². The van der Waals surface area contributed by atoms with Gasteiger partial charge < -0.3 is 10.3 Å². The number of rotatable bonds is 2. The van der Waals surface area contributed by atoms with Crippen LogP contribution in [0.5, 0.6) is 0 Å². The van der Waals surface area contributed by atoms with Crippen molar-refractivity contribution in [2.24, 2.45) is 0 Å². The van der Waals surface area contributed by atoms with Gasteiger partial charge in [-0.05, 0) is 46.3 Å². The molecule has 5 heteroatoms. The third-order valence-corrected chi connectivity index (χ3v) is 3.21. The summed E-state index contributed by atoms with van der Waals surface area (Å²) in [6.07, 6.45) is 3.47. The Morgan fingerprint density at radius 3 is 2.95 bits per heavy atom. The van der Waals surface area contributed by atoms with E-state index in [9.17, 15) is 4.79 Å². The number of aromatic amines is 1. The first kappa shape index (κ1) is 11.9. The summed E-state index contributed by atoms with van der Waals surface area (Å²) in [4.78, 5) is 19.1. The first-order chi connectivity index (χ1) is 9.22. The van der Waals surface area contributed by atoms with Gasteiger partial charge in [-0.25, -0.2) is 0 Å². The van der Waals surface area contributed by atoms with Crippen LogP contribution in [0.3, 0.4) is 0 Å². The molecule has 3 rings (SSSR count). The number of carbonyl (C=O) groups excluding carboxylic acids is 1. The van der Waals surface area contributed by atoms with E-state index < -0.39 is 0 Å². The van der Waals surface area contributed by atoms with E-state index in [1.54, 1.807) is 18.5 Å². The third-order valence-electron chi connectivity index (χ3n) is 2.75. The largest absolute Gasteiger partial charge is 0.356 e. The molecule has 0 bridgehead atoms. The molecule has 2 heterocycles. The van der Waals surface area contributed by atoms with Gasteiger partial charge in [0.15, 0.2) is 0 Å². The Kier molecular flexibility index (Phi) is 3.05. The number of H-pyrrole nitrogens is 1. The van der Waals surface area contributed by atoms with Crippen LogP contribution in [0.4, 0.5) is 5.69 Å². The summed E-state index contributed by atoms with van der Waals surface area (Å²) >= 11 is 3.30. The number of nitrogens with zero attached hydrogens (tertiary/aromatic N) is 1. The molecule has 0 atom stereocenters. The molecule has 0 saturated carbocycles. The minimum atomic E-state index is -0.172. The van der Waals surface area contributed by atoms with Crippen LogP contribution in [0.2, 0.25) is 0 Å². The van der Waals surface area contributed by atoms with Gasteiger partial charge in [0.25, 0.3) is 5.91 Å². The molecule has 2 aromatic heterocycles. The van der Waals surface area contributed by atoms with Gasteiger partial charge in [-0.2, -0.15) is 0 Å². The maximum Gasteiger partial charge on any atom is 0.272 e. The first-order valence-corrected chi connectivity index (χ1v) is 6.52.